The van der Waals surface area contributed by atoms with Crippen LogP contribution in [0.25, 0.3) is 0 Å². The van der Waals surface area contributed by atoms with E-state index >= 15 is 0 Å². The normalized spacial score (nSPS) is 12.1. The van der Waals surface area contributed by atoms with Crippen molar-refractivity contribution in [1.82, 2.24) is 5.32 Å². The van der Waals surface area contributed by atoms with Crippen LogP contribution in [0.15, 0.2) is 29.2 Å². The van der Waals surface area contributed by atoms with Crippen LogP contribution in [0.4, 0.5) is 0 Å². The molecule has 0 aromatic heterocycles. The lowest BCUT2D eigenvalue weighted by Gasteiger charge is -2.12. The summed E-state index contributed by atoms with van der Waals surface area (Å²) < 4.78 is 0. The van der Waals surface area contributed by atoms with Crippen molar-refractivity contribution < 1.29 is 5.11 Å². The molecule has 0 aliphatic carbocycles. The minimum Gasteiger partial charge on any atom is -0.387 e. The minimum atomic E-state index is -0.650. The van der Waals surface area contributed by atoms with E-state index in [1.165, 1.54) is 10.2 Å². The Balaban J connectivity index is 2.57. The van der Waals surface area contributed by atoms with Crippen LogP contribution in [0.1, 0.15) is 11.7 Å². The van der Waals surface area contributed by atoms with Crippen molar-refractivity contribution in [2.45, 2.75) is 11.0 Å². The fourth-order valence-corrected chi connectivity index (χ4v) is 1.95. The molecule has 0 amide bonds. The zero-order valence-corrected chi connectivity index (χ0v) is 10.3. The monoisotopic (exact) mass is 289 g/mol. The van der Waals surface area contributed by atoms with Crippen molar-refractivity contribution in [3.63, 3.8) is 0 Å². The summed E-state index contributed by atoms with van der Waals surface area (Å²) >= 11 is 3.27. The molecule has 0 saturated carbocycles. The Morgan fingerprint density at radius 3 is 2.60 bits per heavy atom. The standard InChI is InChI=1S/C9H12BrN3OS/c10-15-7-3-1-6(2-4-7)8(14)5-13-9(11)12/h1-4,8,14H,5H2,(H4,11,12,13). The van der Waals surface area contributed by atoms with E-state index in [2.05, 4.69) is 20.1 Å². The molecule has 1 unspecified atom stereocenters. The van der Waals surface area contributed by atoms with Gasteiger partial charge in [-0.05, 0) is 42.7 Å². The van der Waals surface area contributed by atoms with Crippen molar-refractivity contribution in [2.75, 3.05) is 6.54 Å². The van der Waals surface area contributed by atoms with Crippen molar-refractivity contribution in [2.24, 2.45) is 5.73 Å². The van der Waals surface area contributed by atoms with Crippen LogP contribution in [0.3, 0.4) is 0 Å². The summed E-state index contributed by atoms with van der Waals surface area (Å²) in [7, 11) is 1.47. The molecule has 0 spiro atoms. The second kappa shape index (κ2) is 5.99. The molecule has 15 heavy (non-hydrogen) atoms. The van der Waals surface area contributed by atoms with Gasteiger partial charge in [-0.15, -0.1) is 0 Å². The highest BCUT2D eigenvalue weighted by molar-refractivity contribution is 9.50. The summed E-state index contributed by atoms with van der Waals surface area (Å²) in [5, 5.41) is 19.2. The SMILES string of the molecule is N=C(N)NCC(O)c1ccc(SBr)cc1. The predicted molar refractivity (Wildman–Crippen MR) is 66.1 cm³/mol. The molecule has 0 aliphatic heterocycles. The molecule has 82 valence electrons. The molecule has 0 fully saturated rings. The fourth-order valence-electron chi connectivity index (χ4n) is 1.07. The molecule has 4 nitrogen and oxygen atoms in total. The van der Waals surface area contributed by atoms with Crippen LogP contribution < -0.4 is 11.1 Å². The number of aliphatic hydroxyl groups is 1. The van der Waals surface area contributed by atoms with Crippen LogP contribution in [0.2, 0.25) is 0 Å². The highest BCUT2D eigenvalue weighted by Crippen LogP contribution is 2.25. The molecule has 1 aromatic rings. The summed E-state index contributed by atoms with van der Waals surface area (Å²) in [6.45, 7) is 0.246. The first-order valence-electron chi connectivity index (χ1n) is 4.28. The van der Waals surface area contributed by atoms with Crippen LogP contribution in [0.5, 0.6) is 0 Å². The quantitative estimate of drug-likeness (QED) is 0.501. The van der Waals surface area contributed by atoms with Gasteiger partial charge in [0.05, 0.1) is 6.10 Å². The topological polar surface area (TPSA) is 82.1 Å². The average Bonchev–Trinajstić information content (AvgIpc) is 2.26. The van der Waals surface area contributed by atoms with Crippen LogP contribution in [0, 0.1) is 5.41 Å². The zero-order chi connectivity index (χ0) is 11.3. The van der Waals surface area contributed by atoms with E-state index < -0.39 is 6.10 Å². The first kappa shape index (κ1) is 12.4. The van der Waals surface area contributed by atoms with Gasteiger partial charge in [0.25, 0.3) is 0 Å². The van der Waals surface area contributed by atoms with E-state index in [-0.39, 0.29) is 12.5 Å². The van der Waals surface area contributed by atoms with Crippen molar-refractivity contribution in [3.05, 3.63) is 29.8 Å². The van der Waals surface area contributed by atoms with E-state index in [4.69, 9.17) is 11.1 Å². The number of benzene rings is 1. The first-order valence-corrected chi connectivity index (χ1v) is 6.94. The number of nitrogens with two attached hydrogens (primary N) is 1. The Morgan fingerprint density at radius 1 is 1.53 bits per heavy atom. The molecular weight excluding hydrogens is 278 g/mol. The molecule has 6 heteroatoms. The number of rotatable bonds is 4. The Hall–Kier alpha value is -0.720. The molecule has 0 bridgehead atoms. The van der Waals surface area contributed by atoms with Gasteiger partial charge >= 0.3 is 0 Å². The molecule has 1 atom stereocenters. The summed E-state index contributed by atoms with van der Waals surface area (Å²) in [5.41, 5.74) is 5.92. The molecule has 0 radical (unpaired) electrons. The van der Waals surface area contributed by atoms with Crippen LogP contribution in [-0.2, 0) is 0 Å². The van der Waals surface area contributed by atoms with E-state index in [1.54, 1.807) is 0 Å². The molecule has 1 aromatic carbocycles. The second-order valence-electron chi connectivity index (χ2n) is 2.96. The third-order valence-electron chi connectivity index (χ3n) is 1.84. The number of halogens is 1. The first-order chi connectivity index (χ1) is 7.13. The van der Waals surface area contributed by atoms with Gasteiger partial charge in [0, 0.05) is 11.4 Å². The molecule has 0 heterocycles. The third kappa shape index (κ3) is 4.11. The lowest BCUT2D eigenvalue weighted by atomic mass is 10.1. The summed E-state index contributed by atoms with van der Waals surface area (Å²) in [4.78, 5) is 1.07. The third-order valence-corrected chi connectivity index (χ3v) is 3.41. The second-order valence-corrected chi connectivity index (χ2v) is 4.55. The average molecular weight is 290 g/mol. The van der Waals surface area contributed by atoms with Gasteiger partial charge in [-0.3, -0.25) is 5.41 Å². The Morgan fingerprint density at radius 2 is 2.13 bits per heavy atom. The van der Waals surface area contributed by atoms with Crippen molar-refractivity contribution in [3.8, 4) is 0 Å². The molecule has 0 aliphatic rings. The van der Waals surface area contributed by atoms with Crippen LogP contribution in [-0.4, -0.2) is 17.6 Å². The van der Waals surface area contributed by atoms with E-state index in [1.807, 2.05) is 24.3 Å². The maximum absolute atomic E-state index is 9.70. The van der Waals surface area contributed by atoms with E-state index in [9.17, 15) is 5.11 Å². The number of nitrogens with one attached hydrogen (secondary N) is 2. The highest BCUT2D eigenvalue weighted by Gasteiger charge is 2.06. The van der Waals surface area contributed by atoms with Crippen molar-refractivity contribution in [1.29, 1.82) is 5.41 Å². The van der Waals surface area contributed by atoms with Gasteiger partial charge in [-0.2, -0.15) is 0 Å². The predicted octanol–water partition coefficient (Wildman–Crippen LogP) is 1.61. The van der Waals surface area contributed by atoms with Crippen LogP contribution >= 0.6 is 25.0 Å². The minimum absolute atomic E-state index is 0.137. The maximum Gasteiger partial charge on any atom is 0.185 e. The molecule has 1 rings (SSSR count). The zero-order valence-electron chi connectivity index (χ0n) is 7.90. The van der Waals surface area contributed by atoms with Gasteiger partial charge in [0.1, 0.15) is 0 Å². The lowest BCUT2D eigenvalue weighted by molar-refractivity contribution is 0.181. The summed E-state index contributed by atoms with van der Waals surface area (Å²) in [6.07, 6.45) is -0.650. The highest BCUT2D eigenvalue weighted by atomic mass is 79.9. The summed E-state index contributed by atoms with van der Waals surface area (Å²) in [6, 6.07) is 7.50. The largest absolute Gasteiger partial charge is 0.387 e. The van der Waals surface area contributed by atoms with Crippen molar-refractivity contribution >= 4 is 31.0 Å². The van der Waals surface area contributed by atoms with Gasteiger partial charge in [-0.25, -0.2) is 0 Å². The maximum atomic E-state index is 9.70. The molecular formula is C9H12BrN3OS. The summed E-state index contributed by atoms with van der Waals surface area (Å²) in [5.74, 6) is -0.137. The lowest BCUT2D eigenvalue weighted by Crippen LogP contribution is -2.33. The number of hydrogen-bond acceptors (Lipinski definition) is 3. The van der Waals surface area contributed by atoms with E-state index in [0.29, 0.717) is 0 Å². The molecule has 5 N–H and O–H groups in total. The van der Waals surface area contributed by atoms with Gasteiger partial charge in [0.15, 0.2) is 5.96 Å². The Kier molecular flexibility index (Phi) is 4.93. The van der Waals surface area contributed by atoms with Gasteiger partial charge < -0.3 is 16.2 Å². The Labute approximate surface area is 100.0 Å². The number of aliphatic hydroxyl groups excluding tert-OH is 1. The Bertz CT molecular complexity index is 331. The van der Waals surface area contributed by atoms with Gasteiger partial charge in [-0.1, -0.05) is 12.1 Å². The smallest absolute Gasteiger partial charge is 0.185 e. The number of guanidine groups is 1. The van der Waals surface area contributed by atoms with E-state index in [0.717, 1.165) is 10.5 Å². The number of hydrogen-bond donors (Lipinski definition) is 4. The van der Waals surface area contributed by atoms with Gasteiger partial charge in [0.2, 0.25) is 0 Å². The molecule has 0 saturated heterocycles. The fraction of sp³-hybridized carbons (Fsp3) is 0.222.